The Kier molecular flexibility index (Phi) is 3.65. The van der Waals surface area contributed by atoms with E-state index in [1.54, 1.807) is 6.20 Å². The third-order valence-electron chi connectivity index (χ3n) is 3.50. The second-order valence-corrected chi connectivity index (χ2v) is 4.70. The Morgan fingerprint density at radius 2 is 1.94 bits per heavy atom. The van der Waals surface area contributed by atoms with Crippen LogP contribution in [0.15, 0.2) is 18.3 Å². The van der Waals surface area contributed by atoms with Crippen molar-refractivity contribution in [1.29, 1.82) is 0 Å². The summed E-state index contributed by atoms with van der Waals surface area (Å²) in [4.78, 5) is 6.68. The van der Waals surface area contributed by atoms with Crippen molar-refractivity contribution in [2.45, 2.75) is 44.6 Å². The third kappa shape index (κ3) is 2.65. The molecule has 0 radical (unpaired) electrons. The lowest BCUT2D eigenvalue weighted by molar-refractivity contribution is 0.549. The molecule has 88 valence electrons. The van der Waals surface area contributed by atoms with Crippen LogP contribution in [0.2, 0.25) is 0 Å². The van der Waals surface area contributed by atoms with Gasteiger partial charge < -0.3 is 10.6 Å². The second-order valence-electron chi connectivity index (χ2n) is 4.70. The fourth-order valence-electron chi connectivity index (χ4n) is 2.46. The van der Waals surface area contributed by atoms with Gasteiger partial charge in [0.05, 0.1) is 0 Å². The minimum absolute atomic E-state index is 0.636. The van der Waals surface area contributed by atoms with E-state index in [1.165, 1.54) is 38.5 Å². The molecule has 0 aromatic carbocycles. The summed E-state index contributed by atoms with van der Waals surface area (Å²) in [6.07, 6.45) is 9.82. The summed E-state index contributed by atoms with van der Waals surface area (Å²) in [5.41, 5.74) is 6.59. The van der Waals surface area contributed by atoms with Gasteiger partial charge in [0, 0.05) is 31.0 Å². The number of anilines is 2. The zero-order valence-corrected chi connectivity index (χ0v) is 10.0. The van der Waals surface area contributed by atoms with Gasteiger partial charge in [0.25, 0.3) is 0 Å². The fourth-order valence-corrected chi connectivity index (χ4v) is 2.46. The van der Waals surface area contributed by atoms with Gasteiger partial charge in [-0.1, -0.05) is 25.7 Å². The summed E-state index contributed by atoms with van der Waals surface area (Å²) in [5.74, 6) is 1.01. The normalized spacial score (nSPS) is 18.1. The van der Waals surface area contributed by atoms with Crippen molar-refractivity contribution in [3.8, 4) is 0 Å². The Bertz CT molecular complexity index is 330. The molecule has 1 aromatic rings. The molecule has 0 unspecified atom stereocenters. The molecule has 0 spiro atoms. The molecule has 0 atom stereocenters. The van der Waals surface area contributed by atoms with Crippen LogP contribution >= 0.6 is 0 Å². The van der Waals surface area contributed by atoms with Crippen LogP contribution in [0.1, 0.15) is 38.5 Å². The first kappa shape index (κ1) is 11.2. The van der Waals surface area contributed by atoms with E-state index >= 15 is 0 Å². The Morgan fingerprint density at radius 1 is 1.25 bits per heavy atom. The predicted octanol–water partition coefficient (Wildman–Crippen LogP) is 2.82. The van der Waals surface area contributed by atoms with Crippen LogP contribution in [-0.2, 0) is 0 Å². The Balaban J connectivity index is 2.07. The summed E-state index contributed by atoms with van der Waals surface area (Å²) in [6, 6.07) is 4.44. The van der Waals surface area contributed by atoms with Crippen molar-refractivity contribution in [3.63, 3.8) is 0 Å². The average Bonchev–Trinajstić information content (AvgIpc) is 2.56. The molecule has 1 heterocycles. The number of nitrogen functional groups attached to an aromatic ring is 1. The summed E-state index contributed by atoms with van der Waals surface area (Å²) < 4.78 is 0. The van der Waals surface area contributed by atoms with Crippen LogP contribution in [0.5, 0.6) is 0 Å². The Labute approximate surface area is 97.7 Å². The van der Waals surface area contributed by atoms with Crippen molar-refractivity contribution in [1.82, 2.24) is 4.98 Å². The van der Waals surface area contributed by atoms with Crippen LogP contribution in [0.3, 0.4) is 0 Å². The zero-order valence-electron chi connectivity index (χ0n) is 10.0. The summed E-state index contributed by atoms with van der Waals surface area (Å²) in [6.45, 7) is 0. The van der Waals surface area contributed by atoms with Crippen LogP contribution in [0.4, 0.5) is 11.5 Å². The van der Waals surface area contributed by atoms with Gasteiger partial charge in [0.2, 0.25) is 0 Å². The lowest BCUT2D eigenvalue weighted by Gasteiger charge is -2.28. The van der Waals surface area contributed by atoms with Gasteiger partial charge >= 0.3 is 0 Å². The average molecular weight is 219 g/mol. The van der Waals surface area contributed by atoms with Crippen molar-refractivity contribution in [2.24, 2.45) is 0 Å². The van der Waals surface area contributed by atoms with Crippen molar-refractivity contribution in [2.75, 3.05) is 17.7 Å². The molecule has 1 aromatic heterocycles. The molecule has 1 aliphatic carbocycles. The fraction of sp³-hybridized carbons (Fsp3) is 0.615. The van der Waals surface area contributed by atoms with Crippen LogP contribution in [0, 0.1) is 0 Å². The third-order valence-corrected chi connectivity index (χ3v) is 3.50. The standard InChI is InChI=1S/C13H21N3/c1-16(12-6-4-2-3-5-7-12)13-10-11(14)8-9-15-13/h8-10,12H,2-7H2,1H3,(H2,14,15). The smallest absolute Gasteiger partial charge is 0.130 e. The van der Waals surface area contributed by atoms with Gasteiger partial charge in [-0.15, -0.1) is 0 Å². The highest BCUT2D eigenvalue weighted by Crippen LogP contribution is 2.24. The highest BCUT2D eigenvalue weighted by atomic mass is 15.2. The molecule has 2 rings (SSSR count). The number of rotatable bonds is 2. The highest BCUT2D eigenvalue weighted by molar-refractivity contribution is 5.50. The summed E-state index contributed by atoms with van der Waals surface area (Å²) in [5, 5.41) is 0. The van der Waals surface area contributed by atoms with E-state index < -0.39 is 0 Å². The van der Waals surface area contributed by atoms with Gasteiger partial charge in [-0.2, -0.15) is 0 Å². The van der Waals surface area contributed by atoms with Crippen molar-refractivity contribution >= 4 is 11.5 Å². The lowest BCUT2D eigenvalue weighted by atomic mass is 10.1. The number of nitrogens with zero attached hydrogens (tertiary/aromatic N) is 2. The molecule has 0 saturated heterocycles. The summed E-state index contributed by atoms with van der Waals surface area (Å²) in [7, 11) is 2.14. The van der Waals surface area contributed by atoms with E-state index in [-0.39, 0.29) is 0 Å². The topological polar surface area (TPSA) is 42.1 Å². The maximum absolute atomic E-state index is 5.79. The van der Waals surface area contributed by atoms with Crippen LogP contribution < -0.4 is 10.6 Å². The van der Waals surface area contributed by atoms with E-state index in [4.69, 9.17) is 5.73 Å². The summed E-state index contributed by atoms with van der Waals surface area (Å²) >= 11 is 0. The van der Waals surface area contributed by atoms with E-state index in [2.05, 4.69) is 16.9 Å². The van der Waals surface area contributed by atoms with Gasteiger partial charge in [0.1, 0.15) is 5.82 Å². The zero-order chi connectivity index (χ0) is 11.4. The van der Waals surface area contributed by atoms with E-state index in [0.717, 1.165) is 11.5 Å². The SMILES string of the molecule is CN(c1cc(N)ccn1)C1CCCCCC1. The first-order valence-corrected chi connectivity index (χ1v) is 6.22. The van der Waals surface area contributed by atoms with Gasteiger partial charge in [0.15, 0.2) is 0 Å². The number of hydrogen-bond acceptors (Lipinski definition) is 3. The molecule has 3 nitrogen and oxygen atoms in total. The number of aromatic nitrogens is 1. The molecule has 0 bridgehead atoms. The lowest BCUT2D eigenvalue weighted by Crippen LogP contribution is -2.31. The highest BCUT2D eigenvalue weighted by Gasteiger charge is 2.17. The predicted molar refractivity (Wildman–Crippen MR) is 68.5 cm³/mol. The first-order chi connectivity index (χ1) is 7.77. The van der Waals surface area contributed by atoms with Crippen LogP contribution in [-0.4, -0.2) is 18.1 Å². The van der Waals surface area contributed by atoms with Crippen molar-refractivity contribution < 1.29 is 0 Å². The van der Waals surface area contributed by atoms with E-state index in [0.29, 0.717) is 6.04 Å². The van der Waals surface area contributed by atoms with Gasteiger partial charge in [-0.3, -0.25) is 0 Å². The van der Waals surface area contributed by atoms with Crippen LogP contribution in [0.25, 0.3) is 0 Å². The second kappa shape index (κ2) is 5.19. The first-order valence-electron chi connectivity index (χ1n) is 6.22. The van der Waals surface area contributed by atoms with Crippen molar-refractivity contribution in [3.05, 3.63) is 18.3 Å². The molecule has 2 N–H and O–H groups in total. The molecule has 1 fully saturated rings. The Morgan fingerprint density at radius 3 is 2.56 bits per heavy atom. The number of pyridine rings is 1. The maximum Gasteiger partial charge on any atom is 0.130 e. The molecule has 1 saturated carbocycles. The number of hydrogen-bond donors (Lipinski definition) is 1. The maximum atomic E-state index is 5.79. The minimum Gasteiger partial charge on any atom is -0.399 e. The molecule has 0 aliphatic heterocycles. The molecule has 0 amide bonds. The van der Waals surface area contributed by atoms with Gasteiger partial charge in [-0.05, 0) is 18.9 Å². The molecule has 1 aliphatic rings. The number of nitrogens with two attached hydrogens (primary N) is 1. The van der Waals surface area contributed by atoms with Gasteiger partial charge in [-0.25, -0.2) is 4.98 Å². The quantitative estimate of drug-likeness (QED) is 0.778. The van der Waals surface area contributed by atoms with E-state index in [9.17, 15) is 0 Å². The molecular formula is C13H21N3. The molecule has 3 heteroatoms. The minimum atomic E-state index is 0.636. The monoisotopic (exact) mass is 219 g/mol. The molecular weight excluding hydrogens is 198 g/mol. The largest absolute Gasteiger partial charge is 0.399 e. The molecule has 16 heavy (non-hydrogen) atoms. The Hall–Kier alpha value is -1.25. The van der Waals surface area contributed by atoms with E-state index in [1.807, 2.05) is 12.1 Å².